The van der Waals surface area contributed by atoms with E-state index in [4.69, 9.17) is 5.11 Å². The van der Waals surface area contributed by atoms with E-state index in [2.05, 4.69) is 9.71 Å². The van der Waals surface area contributed by atoms with Crippen LogP contribution in [0.4, 0.5) is 0 Å². The Morgan fingerprint density at radius 1 is 1.32 bits per heavy atom. The predicted octanol–water partition coefficient (Wildman–Crippen LogP) is 1.97. The van der Waals surface area contributed by atoms with Crippen molar-refractivity contribution in [3.63, 3.8) is 0 Å². The minimum absolute atomic E-state index is 0.0414. The molecule has 1 atom stereocenters. The molecule has 136 valence electrons. The van der Waals surface area contributed by atoms with E-state index in [1.165, 1.54) is 6.20 Å². The Hall–Kier alpha value is -2.19. The number of imidazole rings is 1. The number of carboxylic acid groups (broad SMARTS) is 1. The normalized spacial score (nSPS) is 12.9. The standard InChI is InChI=1S/C17H23N3O4S/c1-3-20-12-16(18-13(20)2)25(23,24)19-15(9-10-17(21)22)11-14-7-5-4-6-8-14/h4-8,12,15,19H,3,9-11H2,1-2H3,(H,21,22). The van der Waals surface area contributed by atoms with Crippen molar-refractivity contribution in [2.75, 3.05) is 0 Å². The van der Waals surface area contributed by atoms with Gasteiger partial charge in [-0.3, -0.25) is 4.79 Å². The highest BCUT2D eigenvalue weighted by molar-refractivity contribution is 7.89. The third-order valence-corrected chi connectivity index (χ3v) is 5.31. The molecule has 2 N–H and O–H groups in total. The number of hydrogen-bond donors (Lipinski definition) is 2. The van der Waals surface area contributed by atoms with Crippen LogP contribution in [0.5, 0.6) is 0 Å². The largest absolute Gasteiger partial charge is 0.481 e. The molecule has 1 heterocycles. The number of hydrogen-bond acceptors (Lipinski definition) is 4. The highest BCUT2D eigenvalue weighted by Crippen LogP contribution is 2.14. The van der Waals surface area contributed by atoms with Gasteiger partial charge in [0.1, 0.15) is 5.82 Å². The molecule has 2 aromatic rings. The van der Waals surface area contributed by atoms with Crippen molar-refractivity contribution in [1.29, 1.82) is 0 Å². The number of rotatable bonds is 9. The van der Waals surface area contributed by atoms with Gasteiger partial charge >= 0.3 is 5.97 Å². The summed E-state index contributed by atoms with van der Waals surface area (Å²) in [6, 6.07) is 8.86. The Balaban J connectivity index is 2.19. The first-order chi connectivity index (χ1) is 11.8. The van der Waals surface area contributed by atoms with Crippen LogP contribution in [0.1, 0.15) is 31.2 Å². The third-order valence-electron chi connectivity index (χ3n) is 3.92. The number of sulfonamides is 1. The molecule has 0 aliphatic rings. The summed E-state index contributed by atoms with van der Waals surface area (Å²) in [4.78, 5) is 15.0. The predicted molar refractivity (Wildman–Crippen MR) is 93.8 cm³/mol. The van der Waals surface area contributed by atoms with Gasteiger partial charge in [-0.05, 0) is 32.3 Å². The first-order valence-corrected chi connectivity index (χ1v) is 9.62. The lowest BCUT2D eigenvalue weighted by atomic mass is 10.0. The van der Waals surface area contributed by atoms with Gasteiger partial charge in [0, 0.05) is 25.2 Å². The molecular formula is C17H23N3O4S. The maximum Gasteiger partial charge on any atom is 0.303 e. The number of carboxylic acids is 1. The van der Waals surface area contributed by atoms with E-state index in [0.717, 1.165) is 5.56 Å². The molecule has 1 aromatic heterocycles. The molecule has 0 aliphatic carbocycles. The minimum atomic E-state index is -3.81. The lowest BCUT2D eigenvalue weighted by Gasteiger charge is -2.17. The number of nitrogens with zero attached hydrogens (tertiary/aromatic N) is 2. The monoisotopic (exact) mass is 365 g/mol. The fourth-order valence-corrected chi connectivity index (χ4v) is 3.89. The smallest absolute Gasteiger partial charge is 0.303 e. The van der Waals surface area contributed by atoms with Crippen LogP contribution in [0.25, 0.3) is 0 Å². The van der Waals surface area contributed by atoms with Gasteiger partial charge in [-0.2, -0.15) is 0 Å². The van der Waals surface area contributed by atoms with Crippen LogP contribution in [-0.4, -0.2) is 35.1 Å². The zero-order valence-electron chi connectivity index (χ0n) is 14.3. The van der Waals surface area contributed by atoms with Crippen LogP contribution < -0.4 is 4.72 Å². The highest BCUT2D eigenvalue weighted by Gasteiger charge is 2.24. The molecule has 1 unspecified atom stereocenters. The Morgan fingerprint density at radius 3 is 2.56 bits per heavy atom. The number of nitrogens with one attached hydrogen (secondary N) is 1. The summed E-state index contributed by atoms with van der Waals surface area (Å²) >= 11 is 0. The quantitative estimate of drug-likeness (QED) is 0.707. The molecule has 25 heavy (non-hydrogen) atoms. The van der Waals surface area contributed by atoms with E-state index in [1.807, 2.05) is 37.3 Å². The minimum Gasteiger partial charge on any atom is -0.481 e. The molecule has 1 aromatic carbocycles. The molecule has 0 radical (unpaired) electrons. The summed E-state index contributed by atoms with van der Waals surface area (Å²) in [6.07, 6.45) is 2.01. The van der Waals surface area contributed by atoms with Crippen molar-refractivity contribution >= 4 is 16.0 Å². The zero-order chi connectivity index (χ0) is 18.4. The number of benzene rings is 1. The topological polar surface area (TPSA) is 101 Å². The van der Waals surface area contributed by atoms with Crippen LogP contribution >= 0.6 is 0 Å². The van der Waals surface area contributed by atoms with Gasteiger partial charge in [0.05, 0.1) is 0 Å². The average Bonchev–Trinajstić information content (AvgIpc) is 2.95. The summed E-state index contributed by atoms with van der Waals surface area (Å²) in [5, 5.41) is 8.88. The maximum atomic E-state index is 12.6. The first-order valence-electron chi connectivity index (χ1n) is 8.13. The van der Waals surface area contributed by atoms with Crippen LogP contribution in [-0.2, 0) is 27.8 Å². The SMILES string of the molecule is CCn1cc(S(=O)(=O)NC(CCC(=O)O)Cc2ccccc2)nc1C. The fourth-order valence-electron chi connectivity index (χ4n) is 2.61. The van der Waals surface area contributed by atoms with E-state index in [-0.39, 0.29) is 17.9 Å². The Morgan fingerprint density at radius 2 is 2.00 bits per heavy atom. The van der Waals surface area contributed by atoms with Gasteiger partial charge in [-0.25, -0.2) is 18.1 Å². The molecule has 0 fully saturated rings. The maximum absolute atomic E-state index is 12.6. The van der Waals surface area contributed by atoms with Crippen molar-refractivity contribution in [2.45, 2.75) is 50.7 Å². The average molecular weight is 365 g/mol. The molecule has 2 rings (SSSR count). The van der Waals surface area contributed by atoms with E-state index >= 15 is 0 Å². The first kappa shape index (κ1) is 19.1. The van der Waals surface area contributed by atoms with Gasteiger partial charge < -0.3 is 9.67 Å². The summed E-state index contributed by atoms with van der Waals surface area (Å²) < 4.78 is 29.6. The molecule has 0 aliphatic heterocycles. The van der Waals surface area contributed by atoms with E-state index < -0.39 is 22.0 Å². The van der Waals surface area contributed by atoms with Crippen molar-refractivity contribution < 1.29 is 18.3 Å². The Bertz CT molecular complexity index is 816. The van der Waals surface area contributed by atoms with Crippen molar-refractivity contribution in [3.8, 4) is 0 Å². The number of carbonyl (C=O) groups is 1. The third kappa shape index (κ3) is 5.40. The van der Waals surface area contributed by atoms with Crippen LogP contribution in [0.15, 0.2) is 41.6 Å². The van der Waals surface area contributed by atoms with Crippen molar-refractivity contribution in [3.05, 3.63) is 47.9 Å². The van der Waals surface area contributed by atoms with E-state index in [9.17, 15) is 13.2 Å². The van der Waals surface area contributed by atoms with Gasteiger partial charge in [0.2, 0.25) is 0 Å². The molecule has 0 saturated carbocycles. The molecule has 0 amide bonds. The zero-order valence-corrected chi connectivity index (χ0v) is 15.2. The summed E-state index contributed by atoms with van der Waals surface area (Å²) in [6.45, 7) is 4.28. The second kappa shape index (κ2) is 8.26. The van der Waals surface area contributed by atoms with Crippen LogP contribution in [0.3, 0.4) is 0 Å². The van der Waals surface area contributed by atoms with Crippen molar-refractivity contribution in [1.82, 2.24) is 14.3 Å². The molecule has 0 saturated heterocycles. The lowest BCUT2D eigenvalue weighted by Crippen LogP contribution is -2.37. The van der Waals surface area contributed by atoms with Gasteiger partial charge in [-0.1, -0.05) is 30.3 Å². The summed E-state index contributed by atoms with van der Waals surface area (Å²) in [5.41, 5.74) is 0.941. The van der Waals surface area contributed by atoms with Crippen molar-refractivity contribution in [2.24, 2.45) is 0 Å². The molecule has 0 bridgehead atoms. The van der Waals surface area contributed by atoms with Gasteiger partial charge in [0.25, 0.3) is 10.0 Å². The lowest BCUT2D eigenvalue weighted by molar-refractivity contribution is -0.137. The fraction of sp³-hybridized carbons (Fsp3) is 0.412. The second-order valence-electron chi connectivity index (χ2n) is 5.85. The number of aliphatic carboxylic acids is 1. The summed E-state index contributed by atoms with van der Waals surface area (Å²) in [5.74, 6) is -0.337. The second-order valence-corrected chi connectivity index (χ2v) is 7.51. The molecule has 7 nitrogen and oxygen atoms in total. The van der Waals surface area contributed by atoms with E-state index in [1.54, 1.807) is 11.5 Å². The number of aryl methyl sites for hydroxylation is 2. The van der Waals surface area contributed by atoms with Gasteiger partial charge in [0.15, 0.2) is 5.03 Å². The van der Waals surface area contributed by atoms with Crippen LogP contribution in [0.2, 0.25) is 0 Å². The van der Waals surface area contributed by atoms with Crippen LogP contribution in [0, 0.1) is 6.92 Å². The van der Waals surface area contributed by atoms with E-state index in [0.29, 0.717) is 18.8 Å². The molecule has 0 spiro atoms. The number of aromatic nitrogens is 2. The summed E-state index contributed by atoms with van der Waals surface area (Å²) in [7, 11) is -3.81. The molecular weight excluding hydrogens is 342 g/mol. The van der Waals surface area contributed by atoms with Gasteiger partial charge in [-0.15, -0.1) is 0 Å². The highest BCUT2D eigenvalue weighted by atomic mass is 32.2. The Labute approximate surface area is 147 Å². The molecule has 8 heteroatoms. The Kier molecular flexibility index (Phi) is 6.33.